The summed E-state index contributed by atoms with van der Waals surface area (Å²) in [6.07, 6.45) is 3.26. The summed E-state index contributed by atoms with van der Waals surface area (Å²) in [4.78, 5) is 20.3. The predicted molar refractivity (Wildman–Crippen MR) is 76.4 cm³/mol. The van der Waals surface area contributed by atoms with E-state index in [1.807, 2.05) is 0 Å². The number of aliphatic hydroxyl groups is 1. The lowest BCUT2D eigenvalue weighted by Gasteiger charge is -2.05. The number of nitrogens with one attached hydrogen (secondary N) is 1. The van der Waals surface area contributed by atoms with Crippen molar-refractivity contribution in [3.8, 4) is 0 Å². The quantitative estimate of drug-likeness (QED) is 0.581. The second kappa shape index (κ2) is 6.63. The largest absolute Gasteiger partial charge is 0.394 e. The molecule has 2 rings (SSSR count). The van der Waals surface area contributed by atoms with Crippen molar-refractivity contribution < 1.29 is 15.0 Å². The number of aliphatic hydroxyl groups excluding tert-OH is 1. The van der Waals surface area contributed by atoms with Crippen LogP contribution < -0.4 is 5.32 Å². The number of aromatic nitrogens is 2. The van der Waals surface area contributed by atoms with Gasteiger partial charge >= 0.3 is 0 Å². The van der Waals surface area contributed by atoms with E-state index in [-0.39, 0.29) is 30.2 Å². The fourth-order valence-corrected chi connectivity index (χ4v) is 1.85. The molecule has 0 radical (unpaired) electrons. The number of nitro benzene ring substituents is 2. The Labute approximate surface area is 124 Å². The third-order valence-electron chi connectivity index (χ3n) is 2.89. The van der Waals surface area contributed by atoms with Crippen LogP contribution in [0.5, 0.6) is 0 Å². The minimum absolute atomic E-state index is 0.0393. The summed E-state index contributed by atoms with van der Waals surface area (Å²) in [6.45, 7) is 0.587. The average molecular weight is 307 g/mol. The van der Waals surface area contributed by atoms with Gasteiger partial charge in [0, 0.05) is 24.4 Å². The van der Waals surface area contributed by atoms with Gasteiger partial charge in [0.05, 0.1) is 35.3 Å². The number of rotatable bonds is 7. The number of anilines is 1. The van der Waals surface area contributed by atoms with Crippen molar-refractivity contribution in [2.24, 2.45) is 0 Å². The monoisotopic (exact) mass is 307 g/mol. The predicted octanol–water partition coefficient (Wildman–Crippen LogP) is 1.30. The molecule has 0 unspecified atom stereocenters. The Morgan fingerprint density at radius 1 is 1.27 bits per heavy atom. The number of nitro groups is 2. The highest BCUT2D eigenvalue weighted by molar-refractivity contribution is 5.65. The Morgan fingerprint density at radius 3 is 2.68 bits per heavy atom. The summed E-state index contributed by atoms with van der Waals surface area (Å²) in [5.41, 5.74) is 0.247. The van der Waals surface area contributed by atoms with E-state index in [1.165, 1.54) is 12.1 Å². The Kier molecular flexibility index (Phi) is 4.63. The molecule has 0 saturated carbocycles. The van der Waals surface area contributed by atoms with E-state index < -0.39 is 9.85 Å². The van der Waals surface area contributed by atoms with Crippen LogP contribution in [-0.4, -0.2) is 31.3 Å². The molecule has 10 nitrogen and oxygen atoms in total. The van der Waals surface area contributed by atoms with Crippen LogP contribution in [0.2, 0.25) is 0 Å². The van der Waals surface area contributed by atoms with Gasteiger partial charge in [-0.3, -0.25) is 24.9 Å². The first kappa shape index (κ1) is 15.4. The van der Waals surface area contributed by atoms with Gasteiger partial charge in [-0.05, 0) is 6.07 Å². The highest BCUT2D eigenvalue weighted by Gasteiger charge is 2.19. The summed E-state index contributed by atoms with van der Waals surface area (Å²) in [6, 6.07) is 3.41. The lowest BCUT2D eigenvalue weighted by atomic mass is 10.2. The zero-order valence-electron chi connectivity index (χ0n) is 11.4. The number of benzene rings is 1. The fraction of sp³-hybridized carbons (Fsp3) is 0.250. The lowest BCUT2D eigenvalue weighted by molar-refractivity contribution is -0.393. The number of hydrogen-bond donors (Lipinski definition) is 2. The molecule has 22 heavy (non-hydrogen) atoms. The molecule has 2 N–H and O–H groups in total. The van der Waals surface area contributed by atoms with Crippen molar-refractivity contribution in [3.05, 3.63) is 56.4 Å². The molecule has 0 saturated heterocycles. The van der Waals surface area contributed by atoms with E-state index in [4.69, 9.17) is 5.11 Å². The molecule has 0 fully saturated rings. The Bertz CT molecular complexity index is 699. The van der Waals surface area contributed by atoms with E-state index in [2.05, 4.69) is 10.4 Å². The first-order valence-electron chi connectivity index (χ1n) is 6.30. The van der Waals surface area contributed by atoms with Crippen LogP contribution in [0.15, 0.2) is 30.6 Å². The van der Waals surface area contributed by atoms with Crippen LogP contribution in [0.3, 0.4) is 0 Å². The molecule has 0 aliphatic rings. The maximum absolute atomic E-state index is 11.0. The molecule has 0 aliphatic heterocycles. The Morgan fingerprint density at radius 2 is 2.05 bits per heavy atom. The van der Waals surface area contributed by atoms with Crippen molar-refractivity contribution in [1.82, 2.24) is 9.78 Å². The molecule has 0 amide bonds. The third kappa shape index (κ3) is 3.55. The van der Waals surface area contributed by atoms with E-state index in [9.17, 15) is 20.2 Å². The van der Waals surface area contributed by atoms with Gasteiger partial charge in [-0.15, -0.1) is 0 Å². The lowest BCUT2D eigenvalue weighted by Crippen LogP contribution is -2.04. The fourth-order valence-electron chi connectivity index (χ4n) is 1.85. The second-order valence-electron chi connectivity index (χ2n) is 4.40. The molecule has 1 aromatic heterocycles. The van der Waals surface area contributed by atoms with E-state index in [0.29, 0.717) is 6.54 Å². The maximum Gasteiger partial charge on any atom is 0.299 e. The Hall–Kier alpha value is -3.01. The number of hydrogen-bond acceptors (Lipinski definition) is 7. The van der Waals surface area contributed by atoms with Gasteiger partial charge < -0.3 is 10.4 Å². The molecule has 0 spiro atoms. The minimum Gasteiger partial charge on any atom is -0.394 e. The molecular weight excluding hydrogens is 294 g/mol. The summed E-state index contributed by atoms with van der Waals surface area (Å²) >= 11 is 0. The molecule has 10 heteroatoms. The first-order valence-corrected chi connectivity index (χ1v) is 6.30. The first-order chi connectivity index (χ1) is 10.5. The number of nitrogens with zero attached hydrogens (tertiary/aromatic N) is 4. The topological polar surface area (TPSA) is 136 Å². The Balaban J connectivity index is 2.14. The van der Waals surface area contributed by atoms with Crippen molar-refractivity contribution >= 4 is 17.1 Å². The minimum atomic E-state index is -0.685. The summed E-state index contributed by atoms with van der Waals surface area (Å²) in [5, 5.41) is 37.3. The molecule has 116 valence electrons. The van der Waals surface area contributed by atoms with Gasteiger partial charge in [0.25, 0.3) is 11.4 Å². The second-order valence-corrected chi connectivity index (χ2v) is 4.40. The molecule has 0 atom stereocenters. The highest BCUT2D eigenvalue weighted by atomic mass is 16.6. The maximum atomic E-state index is 11.0. The molecule has 2 aromatic rings. The van der Waals surface area contributed by atoms with Crippen LogP contribution in [0.4, 0.5) is 17.1 Å². The summed E-state index contributed by atoms with van der Waals surface area (Å²) in [7, 11) is 0. The van der Waals surface area contributed by atoms with Gasteiger partial charge in [-0.25, -0.2) is 0 Å². The summed E-state index contributed by atoms with van der Waals surface area (Å²) in [5.74, 6) is 0. The molecule has 1 aromatic carbocycles. The van der Waals surface area contributed by atoms with Gasteiger partial charge in [-0.1, -0.05) is 0 Å². The summed E-state index contributed by atoms with van der Waals surface area (Å²) < 4.78 is 1.54. The smallest absolute Gasteiger partial charge is 0.299 e. The van der Waals surface area contributed by atoms with E-state index in [1.54, 1.807) is 17.1 Å². The molecule has 0 aliphatic carbocycles. The zero-order chi connectivity index (χ0) is 16.1. The molecular formula is C12H13N5O5. The van der Waals surface area contributed by atoms with E-state index >= 15 is 0 Å². The zero-order valence-corrected chi connectivity index (χ0v) is 11.4. The normalized spacial score (nSPS) is 10.4. The van der Waals surface area contributed by atoms with Crippen molar-refractivity contribution in [1.29, 1.82) is 0 Å². The standard InChI is InChI=1S/C12H13N5O5/c18-4-3-15-8-9(7-14-15)6-13-11-2-1-10(16(19)20)5-12(11)17(21)22/h1-2,5,7-8,13,18H,3-4,6H2. The van der Waals surface area contributed by atoms with E-state index in [0.717, 1.165) is 11.6 Å². The molecule has 0 bridgehead atoms. The number of non-ortho nitro benzene ring substituents is 1. The molecule has 1 heterocycles. The third-order valence-corrected chi connectivity index (χ3v) is 2.89. The van der Waals surface area contributed by atoms with Crippen molar-refractivity contribution in [2.45, 2.75) is 13.1 Å². The van der Waals surface area contributed by atoms with Gasteiger partial charge in [0.2, 0.25) is 0 Å². The van der Waals surface area contributed by atoms with Crippen LogP contribution in [-0.2, 0) is 13.1 Å². The SMILES string of the molecule is O=[N+]([O-])c1ccc(NCc2cnn(CCO)c2)c([N+](=O)[O-])c1. The highest BCUT2D eigenvalue weighted by Crippen LogP contribution is 2.29. The van der Waals surface area contributed by atoms with Crippen molar-refractivity contribution in [3.63, 3.8) is 0 Å². The van der Waals surface area contributed by atoms with Crippen molar-refractivity contribution in [2.75, 3.05) is 11.9 Å². The van der Waals surface area contributed by atoms with Crippen LogP contribution >= 0.6 is 0 Å². The van der Waals surface area contributed by atoms with Crippen LogP contribution in [0, 0.1) is 20.2 Å². The van der Waals surface area contributed by atoms with Crippen LogP contribution in [0.25, 0.3) is 0 Å². The van der Waals surface area contributed by atoms with Gasteiger partial charge in [-0.2, -0.15) is 5.10 Å². The van der Waals surface area contributed by atoms with Gasteiger partial charge in [0.1, 0.15) is 5.69 Å². The van der Waals surface area contributed by atoms with Gasteiger partial charge in [0.15, 0.2) is 0 Å². The average Bonchev–Trinajstić information content (AvgIpc) is 2.92. The van der Waals surface area contributed by atoms with Crippen LogP contribution in [0.1, 0.15) is 5.56 Å².